The Morgan fingerprint density at radius 3 is 1.44 bits per heavy atom. The normalized spacial score (nSPS) is 12.0. The lowest BCUT2D eigenvalue weighted by atomic mass is 10.9. The summed E-state index contributed by atoms with van der Waals surface area (Å²) >= 11 is 22.6. The van der Waals surface area contributed by atoms with Crippen molar-refractivity contribution >= 4 is 52.1 Å². The minimum atomic E-state index is -2.02. The van der Waals surface area contributed by atoms with Gasteiger partial charge < -0.3 is 0 Å². The smallest absolute Gasteiger partial charge is 0.146 e. The van der Waals surface area contributed by atoms with Crippen LogP contribution in [0.3, 0.4) is 0 Å². The van der Waals surface area contributed by atoms with E-state index in [0.717, 1.165) is 12.1 Å². The third-order valence-corrected chi connectivity index (χ3v) is 6.16. The summed E-state index contributed by atoms with van der Waals surface area (Å²) in [5, 5.41) is 0. The van der Waals surface area contributed by atoms with Crippen molar-refractivity contribution in [2.45, 2.75) is 12.1 Å². The van der Waals surface area contributed by atoms with Gasteiger partial charge in [0, 0.05) is 11.8 Å². The van der Waals surface area contributed by atoms with Gasteiger partial charge in [0.05, 0.1) is 0 Å². The first kappa shape index (κ1) is 10.4. The van der Waals surface area contributed by atoms with Crippen molar-refractivity contribution in [3.63, 3.8) is 0 Å². The van der Waals surface area contributed by atoms with Gasteiger partial charge in [0.1, 0.15) is 0 Å². The van der Waals surface area contributed by atoms with E-state index in [-0.39, 0.29) is 0 Å². The summed E-state index contributed by atoms with van der Waals surface area (Å²) in [6.07, 6.45) is 0. The topological polar surface area (TPSA) is 0 Å². The second-order valence-electron chi connectivity index (χ2n) is 1.73. The Bertz CT molecular complexity index is 67.0. The van der Waals surface area contributed by atoms with E-state index < -0.39 is 6.69 Å². The molecule has 0 spiro atoms. The molecule has 0 aliphatic carbocycles. The molecule has 0 N–H and O–H groups in total. The molecule has 0 saturated heterocycles. The number of alkyl halides is 2. The molecule has 0 aromatic heterocycles. The summed E-state index contributed by atoms with van der Waals surface area (Å²) in [5.41, 5.74) is 0. The number of rotatable bonds is 4. The fraction of sp³-hybridized carbons (Fsp3) is 1.00. The Labute approximate surface area is 75.8 Å². The van der Waals surface area contributed by atoms with Crippen molar-refractivity contribution in [3.8, 4) is 0 Å². The van der Waals surface area contributed by atoms with Gasteiger partial charge in [0.25, 0.3) is 6.69 Å². The maximum atomic E-state index is 5.87. The van der Waals surface area contributed by atoms with Crippen molar-refractivity contribution < 1.29 is 0 Å². The molecule has 0 atom stereocenters. The highest BCUT2D eigenvalue weighted by Crippen LogP contribution is 2.25. The van der Waals surface area contributed by atoms with Gasteiger partial charge >= 0.3 is 0 Å². The summed E-state index contributed by atoms with van der Waals surface area (Å²) < 4.78 is 0. The van der Waals surface area contributed by atoms with E-state index in [0.29, 0.717) is 11.8 Å². The van der Waals surface area contributed by atoms with E-state index in [1.54, 1.807) is 0 Å². The molecule has 0 nitrogen and oxygen atoms in total. The Morgan fingerprint density at radius 2 is 1.22 bits per heavy atom. The lowest BCUT2D eigenvalue weighted by Gasteiger charge is -2.11. The summed E-state index contributed by atoms with van der Waals surface area (Å²) in [7, 11) is 0. The van der Waals surface area contributed by atoms with Gasteiger partial charge in [-0.2, -0.15) is 0 Å². The fourth-order valence-electron chi connectivity index (χ4n) is 0.401. The largest absolute Gasteiger partial charge is 0.253 e. The molecule has 0 aliphatic heterocycles. The standard InChI is InChI=1S/C4H8Cl4Si/c5-1-3-9(7,8)4-2-6/h1-4H2. The Hall–Kier alpha value is 1.38. The van der Waals surface area contributed by atoms with E-state index in [1.165, 1.54) is 0 Å². The molecule has 0 bridgehead atoms. The van der Waals surface area contributed by atoms with Crippen LogP contribution in [0.2, 0.25) is 12.1 Å². The van der Waals surface area contributed by atoms with E-state index >= 15 is 0 Å². The van der Waals surface area contributed by atoms with Gasteiger partial charge in [0.2, 0.25) is 0 Å². The Balaban J connectivity index is 3.43. The van der Waals surface area contributed by atoms with E-state index in [9.17, 15) is 0 Å². The average molecular weight is 226 g/mol. The van der Waals surface area contributed by atoms with Crippen molar-refractivity contribution in [2.75, 3.05) is 11.8 Å². The first-order valence-corrected chi connectivity index (χ1v) is 8.13. The minimum Gasteiger partial charge on any atom is -0.146 e. The van der Waals surface area contributed by atoms with Crippen LogP contribution in [-0.2, 0) is 0 Å². The molecule has 0 saturated carbocycles. The molecule has 0 rings (SSSR count). The molecule has 0 aromatic rings. The molecule has 0 fully saturated rings. The molecule has 0 heterocycles. The molecular formula is C4H8Cl4Si. The van der Waals surface area contributed by atoms with E-state index in [1.807, 2.05) is 0 Å². The van der Waals surface area contributed by atoms with Gasteiger partial charge in [-0.25, -0.2) is 0 Å². The fourth-order valence-corrected chi connectivity index (χ4v) is 5.43. The lowest BCUT2D eigenvalue weighted by Crippen LogP contribution is -2.19. The van der Waals surface area contributed by atoms with Crippen molar-refractivity contribution in [2.24, 2.45) is 0 Å². The maximum absolute atomic E-state index is 5.87. The van der Waals surface area contributed by atoms with Crippen molar-refractivity contribution in [1.82, 2.24) is 0 Å². The first-order valence-electron chi connectivity index (χ1n) is 2.62. The second-order valence-corrected chi connectivity index (χ2v) is 10.1. The van der Waals surface area contributed by atoms with Crippen molar-refractivity contribution in [3.05, 3.63) is 0 Å². The zero-order chi connectivity index (χ0) is 7.33. The van der Waals surface area contributed by atoms with Crippen LogP contribution < -0.4 is 0 Å². The summed E-state index contributed by atoms with van der Waals surface area (Å²) in [6.45, 7) is -2.02. The van der Waals surface area contributed by atoms with Crippen LogP contribution in [0.1, 0.15) is 0 Å². The van der Waals surface area contributed by atoms with Gasteiger partial charge in [-0.15, -0.1) is 45.4 Å². The van der Waals surface area contributed by atoms with Crippen molar-refractivity contribution in [1.29, 1.82) is 0 Å². The number of hydrogen-bond donors (Lipinski definition) is 0. The van der Waals surface area contributed by atoms with Crippen LogP contribution in [0.4, 0.5) is 0 Å². The SMILES string of the molecule is ClCC[Si](Cl)(Cl)CCCl. The Kier molecular flexibility index (Phi) is 5.86. The van der Waals surface area contributed by atoms with Crippen LogP contribution in [-0.4, -0.2) is 18.5 Å². The summed E-state index contributed by atoms with van der Waals surface area (Å²) in [4.78, 5) is 0. The Morgan fingerprint density at radius 1 is 0.889 bits per heavy atom. The van der Waals surface area contributed by atoms with E-state index in [2.05, 4.69) is 0 Å². The second kappa shape index (κ2) is 5.08. The average Bonchev–Trinajstić information content (AvgIpc) is 1.64. The highest BCUT2D eigenvalue weighted by atomic mass is 35.7. The zero-order valence-corrected chi connectivity index (χ0v) is 8.86. The van der Waals surface area contributed by atoms with Gasteiger partial charge in [-0.05, 0) is 12.1 Å². The molecule has 5 heteroatoms. The van der Waals surface area contributed by atoms with Gasteiger partial charge in [0.15, 0.2) is 0 Å². The van der Waals surface area contributed by atoms with Crippen LogP contribution in [0.15, 0.2) is 0 Å². The molecule has 0 amide bonds. The zero-order valence-electron chi connectivity index (χ0n) is 4.84. The van der Waals surface area contributed by atoms with Gasteiger partial charge in [-0.3, -0.25) is 0 Å². The minimum absolute atomic E-state index is 0.538. The quantitative estimate of drug-likeness (QED) is 0.391. The molecule has 56 valence electrons. The highest BCUT2D eigenvalue weighted by Gasteiger charge is 2.26. The predicted octanol–water partition coefficient (Wildman–Crippen LogP) is 3.38. The monoisotopic (exact) mass is 224 g/mol. The maximum Gasteiger partial charge on any atom is 0.253 e. The molecular weight excluding hydrogens is 218 g/mol. The number of hydrogen-bond acceptors (Lipinski definition) is 0. The van der Waals surface area contributed by atoms with Crippen LogP contribution in [0, 0.1) is 0 Å². The first-order chi connectivity index (χ1) is 4.12. The van der Waals surface area contributed by atoms with E-state index in [4.69, 9.17) is 45.4 Å². The summed E-state index contributed by atoms with van der Waals surface area (Å²) in [5.74, 6) is 1.08. The van der Waals surface area contributed by atoms with Crippen LogP contribution in [0.5, 0.6) is 0 Å². The highest BCUT2D eigenvalue weighted by molar-refractivity contribution is 7.45. The molecule has 9 heavy (non-hydrogen) atoms. The molecule has 0 aromatic carbocycles. The predicted molar refractivity (Wildman–Crippen MR) is 48.5 cm³/mol. The molecule has 0 radical (unpaired) electrons. The summed E-state index contributed by atoms with van der Waals surface area (Å²) in [6, 6.07) is 1.45. The molecule has 0 aliphatic rings. The van der Waals surface area contributed by atoms with Crippen LogP contribution >= 0.6 is 45.4 Å². The lowest BCUT2D eigenvalue weighted by molar-refractivity contribution is 1.35. The third-order valence-electron chi connectivity index (χ3n) is 0.921. The molecule has 0 unspecified atom stereocenters. The third kappa shape index (κ3) is 5.80. The van der Waals surface area contributed by atoms with Gasteiger partial charge in [-0.1, -0.05) is 0 Å². The van der Waals surface area contributed by atoms with Crippen LogP contribution in [0.25, 0.3) is 0 Å². The number of halogens is 4.